The minimum absolute atomic E-state index is 0.0150. The first kappa shape index (κ1) is 28.5. The summed E-state index contributed by atoms with van der Waals surface area (Å²) in [6.07, 6.45) is -0.0211. The molecule has 0 spiro atoms. The average molecular weight is 558 g/mol. The van der Waals surface area contributed by atoms with Gasteiger partial charge in [0.15, 0.2) is 12.4 Å². The van der Waals surface area contributed by atoms with Crippen molar-refractivity contribution in [3.05, 3.63) is 101 Å². The van der Waals surface area contributed by atoms with Crippen LogP contribution in [0.2, 0.25) is 0 Å². The van der Waals surface area contributed by atoms with Crippen molar-refractivity contribution in [2.24, 2.45) is 5.92 Å². The number of fused-ring (bicyclic) bond motifs is 1. The van der Waals surface area contributed by atoms with Gasteiger partial charge in [-0.15, -0.1) is 0 Å². The number of carbonyl (C=O) groups is 2. The van der Waals surface area contributed by atoms with Gasteiger partial charge in [-0.1, -0.05) is 67.6 Å². The molecule has 0 unspecified atom stereocenters. The Morgan fingerprint density at radius 1 is 1.00 bits per heavy atom. The zero-order valence-electron chi connectivity index (χ0n) is 23.4. The third-order valence-corrected chi connectivity index (χ3v) is 7.46. The van der Waals surface area contributed by atoms with Crippen molar-refractivity contribution in [1.29, 1.82) is 0 Å². The first-order chi connectivity index (χ1) is 19.8. The van der Waals surface area contributed by atoms with Gasteiger partial charge in [-0.2, -0.15) is 0 Å². The summed E-state index contributed by atoms with van der Waals surface area (Å²) < 4.78 is 20.2. The molecule has 1 aliphatic heterocycles. The van der Waals surface area contributed by atoms with Crippen molar-refractivity contribution in [3.63, 3.8) is 0 Å². The highest BCUT2D eigenvalue weighted by molar-refractivity contribution is 5.82. The number of rotatable bonds is 9. The number of carbonyl (C=O) groups excluding carboxylic acids is 2. The van der Waals surface area contributed by atoms with Gasteiger partial charge in [0.25, 0.3) is 5.91 Å². The maximum absolute atomic E-state index is 12.2. The van der Waals surface area contributed by atoms with E-state index in [4.69, 9.17) is 14.2 Å². The second kappa shape index (κ2) is 12.6. The lowest BCUT2D eigenvalue weighted by Gasteiger charge is -2.41. The summed E-state index contributed by atoms with van der Waals surface area (Å²) in [5.74, 6) is -0.829. The third kappa shape index (κ3) is 6.65. The maximum Gasteiger partial charge on any atom is 0.303 e. The van der Waals surface area contributed by atoms with Gasteiger partial charge in [-0.3, -0.25) is 9.59 Å². The maximum atomic E-state index is 12.2. The lowest BCUT2D eigenvalue weighted by molar-refractivity contribution is -0.276. The van der Waals surface area contributed by atoms with Crippen LogP contribution in [0.3, 0.4) is 0 Å². The van der Waals surface area contributed by atoms with E-state index in [0.29, 0.717) is 13.1 Å². The van der Waals surface area contributed by atoms with Crippen LogP contribution in [-0.2, 0) is 43.5 Å². The summed E-state index contributed by atoms with van der Waals surface area (Å²) in [6, 6.07) is 23.6. The highest BCUT2D eigenvalue weighted by Gasteiger charge is 2.38. The molecule has 0 aliphatic carbocycles. The van der Waals surface area contributed by atoms with E-state index >= 15 is 0 Å². The van der Waals surface area contributed by atoms with Crippen molar-refractivity contribution >= 4 is 22.9 Å². The summed E-state index contributed by atoms with van der Waals surface area (Å²) in [6.45, 7) is 5.83. The molecule has 1 saturated heterocycles. The van der Waals surface area contributed by atoms with E-state index in [1.165, 1.54) is 13.8 Å². The predicted octanol–water partition coefficient (Wildman–Crippen LogP) is 4.59. The van der Waals surface area contributed by atoms with E-state index in [0.717, 1.165) is 33.3 Å². The van der Waals surface area contributed by atoms with Gasteiger partial charge < -0.3 is 29.2 Å². The van der Waals surface area contributed by atoms with Crippen LogP contribution in [-0.4, -0.2) is 38.7 Å². The molecule has 1 aliphatic rings. The van der Waals surface area contributed by atoms with Crippen molar-refractivity contribution in [3.8, 4) is 0 Å². The largest absolute Gasteiger partial charge is 0.453 e. The monoisotopic (exact) mass is 557 g/mol. The number of aromatic nitrogens is 2. The molecule has 5 atom stereocenters. The van der Waals surface area contributed by atoms with Crippen LogP contribution in [0.4, 0.5) is 0 Å². The van der Waals surface area contributed by atoms with Crippen LogP contribution < -0.4 is 5.32 Å². The van der Waals surface area contributed by atoms with Crippen molar-refractivity contribution in [2.75, 3.05) is 0 Å². The molecule has 1 aromatic heterocycles. The number of aliphatic hydroxyl groups excluding tert-OH is 1. The smallest absolute Gasteiger partial charge is 0.303 e. The van der Waals surface area contributed by atoms with E-state index in [-0.39, 0.29) is 30.6 Å². The van der Waals surface area contributed by atoms with Gasteiger partial charge in [0, 0.05) is 24.9 Å². The van der Waals surface area contributed by atoms with Crippen LogP contribution in [0.15, 0.2) is 79.1 Å². The highest BCUT2D eigenvalue weighted by Crippen LogP contribution is 2.42. The molecular weight excluding hydrogens is 522 g/mol. The first-order valence-corrected chi connectivity index (χ1v) is 13.8. The molecule has 4 aromatic rings. The molecule has 9 nitrogen and oxygen atoms in total. The molecule has 1 amide bonds. The second-order valence-electron chi connectivity index (χ2n) is 10.4. The van der Waals surface area contributed by atoms with E-state index in [9.17, 15) is 14.7 Å². The molecule has 0 bridgehead atoms. The van der Waals surface area contributed by atoms with Gasteiger partial charge >= 0.3 is 5.97 Å². The number of amides is 1. The predicted molar refractivity (Wildman–Crippen MR) is 152 cm³/mol. The molecule has 0 radical (unpaired) electrons. The topological polar surface area (TPSA) is 112 Å². The van der Waals surface area contributed by atoms with Gasteiger partial charge in [0.1, 0.15) is 0 Å². The summed E-state index contributed by atoms with van der Waals surface area (Å²) >= 11 is 0. The molecule has 3 aromatic carbocycles. The molecule has 1 fully saturated rings. The first-order valence-electron chi connectivity index (χ1n) is 13.8. The molecule has 2 heterocycles. The highest BCUT2D eigenvalue weighted by atomic mass is 16.7. The Labute approximate surface area is 239 Å². The molecule has 2 N–H and O–H groups in total. The lowest BCUT2D eigenvalue weighted by atomic mass is 9.90. The van der Waals surface area contributed by atoms with Gasteiger partial charge in [-0.05, 0) is 35.7 Å². The Morgan fingerprint density at radius 2 is 1.68 bits per heavy atom. The fourth-order valence-electron chi connectivity index (χ4n) is 5.11. The summed E-state index contributed by atoms with van der Waals surface area (Å²) in [5, 5.41) is 12.3. The molecular formula is C32H35N3O6. The van der Waals surface area contributed by atoms with Gasteiger partial charge in [-0.25, -0.2) is 4.98 Å². The number of ether oxygens (including phenoxy) is 3. The second-order valence-corrected chi connectivity index (χ2v) is 10.4. The zero-order valence-corrected chi connectivity index (χ0v) is 23.4. The number of nitrogens with one attached hydrogen (secondary N) is 1. The van der Waals surface area contributed by atoms with E-state index < -0.39 is 18.4 Å². The minimum atomic E-state index is -0.856. The quantitative estimate of drug-likeness (QED) is 0.290. The lowest BCUT2D eigenvalue weighted by Crippen LogP contribution is -2.39. The Kier molecular flexibility index (Phi) is 8.78. The van der Waals surface area contributed by atoms with Gasteiger partial charge in [0.05, 0.1) is 42.7 Å². The normalized spacial score (nSPS) is 21.4. The fraction of sp³-hybridized carbons (Fsp3) is 0.344. The van der Waals surface area contributed by atoms with E-state index in [1.807, 2.05) is 73.1 Å². The van der Waals surface area contributed by atoms with Crippen LogP contribution in [0.25, 0.3) is 11.0 Å². The molecule has 41 heavy (non-hydrogen) atoms. The Morgan fingerprint density at radius 3 is 2.39 bits per heavy atom. The number of para-hydroxylation sites is 2. The summed E-state index contributed by atoms with van der Waals surface area (Å²) in [7, 11) is 0. The Hall–Kier alpha value is -4.05. The fourth-order valence-corrected chi connectivity index (χ4v) is 5.11. The van der Waals surface area contributed by atoms with Crippen molar-refractivity contribution in [1.82, 2.24) is 14.9 Å². The number of hydrogen-bond donors (Lipinski definition) is 2. The van der Waals surface area contributed by atoms with E-state index in [2.05, 4.69) is 27.9 Å². The number of aliphatic hydroxyl groups is 1. The number of benzene rings is 3. The van der Waals surface area contributed by atoms with Crippen molar-refractivity contribution < 1.29 is 28.9 Å². The van der Waals surface area contributed by atoms with Crippen LogP contribution in [0.1, 0.15) is 55.4 Å². The summed E-state index contributed by atoms with van der Waals surface area (Å²) in [4.78, 5) is 27.9. The number of imidazole rings is 1. The molecule has 9 heteroatoms. The number of nitrogens with zero attached hydrogens (tertiary/aromatic N) is 2. The minimum Gasteiger partial charge on any atom is -0.453 e. The Bertz CT molecular complexity index is 1480. The third-order valence-electron chi connectivity index (χ3n) is 7.46. The van der Waals surface area contributed by atoms with E-state index in [1.54, 1.807) is 0 Å². The van der Waals surface area contributed by atoms with Crippen LogP contribution in [0, 0.1) is 5.92 Å². The Balaban J connectivity index is 1.35. The standard InChI is InChI=1S/C32H35N3O6/c1-20-29(17-35-19-34-27-6-4-5-7-28(27)35)40-32(41-30(20)25-12-10-24(18-36)11-13-25)26-14-8-23(9-15-26)16-33-31(38)21(2)39-22(3)37/h4-15,19-21,29-30,32,36H,16-18H2,1-3H3,(H,33,38)/t20-,21+,29+,30+,32+/m1/s1. The molecule has 214 valence electrons. The average Bonchev–Trinajstić information content (AvgIpc) is 3.39. The molecule has 5 rings (SSSR count). The number of hydrogen-bond acceptors (Lipinski definition) is 7. The van der Waals surface area contributed by atoms with Crippen LogP contribution >= 0.6 is 0 Å². The SMILES string of the molecule is CC(=O)O[C@@H](C)C(=O)NCc1ccc([C@H]2O[C@@H](Cn3cnc4ccccc43)[C@@H](C)[C@@H](c3ccc(CO)cc3)O2)cc1. The van der Waals surface area contributed by atoms with Crippen LogP contribution in [0.5, 0.6) is 0 Å². The molecule has 0 saturated carbocycles. The summed E-state index contributed by atoms with van der Waals surface area (Å²) in [5.41, 5.74) is 5.59. The number of esters is 1. The van der Waals surface area contributed by atoms with Crippen molar-refractivity contribution in [2.45, 2.75) is 65.1 Å². The zero-order chi connectivity index (χ0) is 28.9. The van der Waals surface area contributed by atoms with Gasteiger partial charge in [0.2, 0.25) is 0 Å².